The molecule has 0 aliphatic heterocycles. The van der Waals surface area contributed by atoms with Crippen LogP contribution >= 0.6 is 22.6 Å². The first-order chi connectivity index (χ1) is 9.47. The number of carbonyl (C=O) groups is 1. The lowest BCUT2D eigenvalue weighted by molar-refractivity contribution is 0.0818. The third-order valence-electron chi connectivity index (χ3n) is 3.29. The molecule has 0 aliphatic rings. The van der Waals surface area contributed by atoms with Crippen LogP contribution < -0.4 is 4.74 Å². The maximum absolute atomic E-state index is 12.4. The van der Waals surface area contributed by atoms with Crippen molar-refractivity contribution in [2.45, 2.75) is 26.9 Å². The van der Waals surface area contributed by atoms with Crippen molar-refractivity contribution < 1.29 is 9.53 Å². The van der Waals surface area contributed by atoms with Gasteiger partial charge in [-0.25, -0.2) is 0 Å². The van der Waals surface area contributed by atoms with Gasteiger partial charge in [-0.15, -0.1) is 0 Å². The Balaban J connectivity index is 2.11. The summed E-state index contributed by atoms with van der Waals surface area (Å²) < 4.78 is 6.84. The Morgan fingerprint density at radius 3 is 2.30 bits per heavy atom. The Hall–Kier alpha value is -1.36. The number of halogens is 1. The Morgan fingerprint density at radius 2 is 1.70 bits per heavy atom. The Labute approximate surface area is 133 Å². The largest absolute Gasteiger partial charge is 0.483 e. The minimum Gasteiger partial charge on any atom is -0.483 e. The van der Waals surface area contributed by atoms with E-state index in [0.29, 0.717) is 5.56 Å². The van der Waals surface area contributed by atoms with E-state index in [1.54, 1.807) is 6.92 Å². The summed E-state index contributed by atoms with van der Waals surface area (Å²) >= 11 is 2.24. The van der Waals surface area contributed by atoms with Gasteiger partial charge in [-0.05, 0) is 84.8 Å². The molecule has 1 unspecified atom stereocenters. The molecule has 0 radical (unpaired) electrons. The van der Waals surface area contributed by atoms with Crippen LogP contribution in [0.15, 0.2) is 42.5 Å². The summed E-state index contributed by atoms with van der Waals surface area (Å²) in [6.45, 7) is 5.83. The highest BCUT2D eigenvalue weighted by molar-refractivity contribution is 14.1. The van der Waals surface area contributed by atoms with Crippen molar-refractivity contribution in [1.29, 1.82) is 0 Å². The van der Waals surface area contributed by atoms with Crippen LogP contribution in [0.4, 0.5) is 0 Å². The molecule has 3 heteroatoms. The highest BCUT2D eigenvalue weighted by Gasteiger charge is 2.17. The number of ether oxygens (including phenoxy) is 1. The first-order valence-corrected chi connectivity index (χ1v) is 7.59. The fourth-order valence-corrected chi connectivity index (χ4v) is 2.26. The number of hydrogen-bond donors (Lipinski definition) is 0. The van der Waals surface area contributed by atoms with Gasteiger partial charge >= 0.3 is 0 Å². The second-order valence-electron chi connectivity index (χ2n) is 4.88. The fourth-order valence-electron chi connectivity index (χ4n) is 1.90. The van der Waals surface area contributed by atoms with E-state index in [1.807, 2.05) is 56.3 Å². The molecule has 2 nitrogen and oxygen atoms in total. The van der Waals surface area contributed by atoms with E-state index in [2.05, 4.69) is 22.6 Å². The lowest BCUT2D eigenvalue weighted by Crippen LogP contribution is -2.24. The molecule has 0 aliphatic carbocycles. The average Bonchev–Trinajstić information content (AvgIpc) is 2.43. The van der Waals surface area contributed by atoms with Crippen LogP contribution in [0.25, 0.3) is 0 Å². The fraction of sp³-hybridized carbons (Fsp3) is 0.235. The monoisotopic (exact) mass is 380 g/mol. The third-order valence-corrected chi connectivity index (χ3v) is 4.01. The smallest absolute Gasteiger partial charge is 0.203 e. The van der Waals surface area contributed by atoms with Crippen LogP contribution in [0.3, 0.4) is 0 Å². The van der Waals surface area contributed by atoms with Crippen molar-refractivity contribution in [1.82, 2.24) is 0 Å². The van der Waals surface area contributed by atoms with E-state index in [4.69, 9.17) is 4.74 Å². The van der Waals surface area contributed by atoms with Gasteiger partial charge in [-0.1, -0.05) is 12.1 Å². The van der Waals surface area contributed by atoms with E-state index in [1.165, 1.54) is 5.56 Å². The molecule has 0 fully saturated rings. The van der Waals surface area contributed by atoms with Crippen molar-refractivity contribution >= 4 is 28.4 Å². The summed E-state index contributed by atoms with van der Waals surface area (Å²) in [5.74, 6) is 0.724. The number of aryl methyl sites for hydroxylation is 2. The van der Waals surface area contributed by atoms with Crippen LogP contribution in [0, 0.1) is 17.4 Å². The average molecular weight is 380 g/mol. The molecule has 0 saturated carbocycles. The summed E-state index contributed by atoms with van der Waals surface area (Å²) in [5.41, 5.74) is 3.01. The lowest BCUT2D eigenvalue weighted by atomic mass is 10.0. The minimum atomic E-state index is -0.489. The van der Waals surface area contributed by atoms with E-state index in [0.717, 1.165) is 14.9 Å². The number of ketones is 1. The SMILES string of the molecule is Cc1ccc(C(=O)C(C)Oc2ccc(I)cc2)cc1C. The van der Waals surface area contributed by atoms with Gasteiger partial charge in [0.05, 0.1) is 0 Å². The Morgan fingerprint density at radius 1 is 1.05 bits per heavy atom. The predicted molar refractivity (Wildman–Crippen MR) is 89.5 cm³/mol. The molecule has 0 bridgehead atoms. The zero-order valence-corrected chi connectivity index (χ0v) is 14.0. The summed E-state index contributed by atoms with van der Waals surface area (Å²) in [4.78, 5) is 12.4. The Kier molecular flexibility index (Phi) is 4.81. The molecule has 0 heterocycles. The van der Waals surface area contributed by atoms with Crippen molar-refractivity contribution in [3.63, 3.8) is 0 Å². The van der Waals surface area contributed by atoms with Crippen LogP contribution in [0.5, 0.6) is 5.75 Å². The zero-order chi connectivity index (χ0) is 14.7. The van der Waals surface area contributed by atoms with Crippen LogP contribution in [-0.2, 0) is 0 Å². The highest BCUT2D eigenvalue weighted by Crippen LogP contribution is 2.17. The molecule has 0 N–H and O–H groups in total. The van der Waals surface area contributed by atoms with Crippen LogP contribution in [0.2, 0.25) is 0 Å². The Bertz CT molecular complexity index is 617. The lowest BCUT2D eigenvalue weighted by Gasteiger charge is -2.14. The highest BCUT2D eigenvalue weighted by atomic mass is 127. The molecule has 0 aromatic heterocycles. The second-order valence-corrected chi connectivity index (χ2v) is 6.12. The number of carbonyl (C=O) groups excluding carboxylic acids is 1. The number of benzene rings is 2. The van der Waals surface area contributed by atoms with Gasteiger partial charge in [0.25, 0.3) is 0 Å². The molecule has 2 rings (SSSR count). The summed E-state index contributed by atoms with van der Waals surface area (Å²) in [5, 5.41) is 0. The van der Waals surface area contributed by atoms with Gasteiger partial charge in [-0.3, -0.25) is 4.79 Å². The number of hydrogen-bond acceptors (Lipinski definition) is 2. The molecule has 1 atom stereocenters. The topological polar surface area (TPSA) is 26.3 Å². The second kappa shape index (κ2) is 6.39. The number of Topliss-reactive ketones (excluding diaryl/α,β-unsaturated/α-hetero) is 1. The van der Waals surface area contributed by atoms with Gasteiger partial charge in [0.15, 0.2) is 6.10 Å². The summed E-state index contributed by atoms with van der Waals surface area (Å²) in [6.07, 6.45) is -0.489. The zero-order valence-electron chi connectivity index (χ0n) is 11.8. The maximum Gasteiger partial charge on any atom is 0.203 e. The quantitative estimate of drug-likeness (QED) is 0.574. The molecule has 104 valence electrons. The van der Waals surface area contributed by atoms with E-state index >= 15 is 0 Å². The van der Waals surface area contributed by atoms with E-state index in [-0.39, 0.29) is 5.78 Å². The van der Waals surface area contributed by atoms with Gasteiger partial charge in [0.1, 0.15) is 5.75 Å². The molecule has 2 aromatic carbocycles. The molecule has 0 spiro atoms. The molecule has 20 heavy (non-hydrogen) atoms. The molecular formula is C17H17IO2. The van der Waals surface area contributed by atoms with Gasteiger partial charge in [-0.2, -0.15) is 0 Å². The number of rotatable bonds is 4. The maximum atomic E-state index is 12.4. The summed E-state index contributed by atoms with van der Waals surface area (Å²) in [6, 6.07) is 13.4. The predicted octanol–water partition coefficient (Wildman–Crippen LogP) is 4.56. The van der Waals surface area contributed by atoms with Crippen LogP contribution in [0.1, 0.15) is 28.4 Å². The van der Waals surface area contributed by atoms with Gasteiger partial charge < -0.3 is 4.74 Å². The first-order valence-electron chi connectivity index (χ1n) is 6.51. The first kappa shape index (κ1) is 15.0. The standard InChI is InChI=1S/C17H17IO2/c1-11-4-5-14(10-12(11)2)17(19)13(3)20-16-8-6-15(18)7-9-16/h4-10,13H,1-3H3. The van der Waals surface area contributed by atoms with Gasteiger partial charge in [0.2, 0.25) is 5.78 Å². The normalized spacial score (nSPS) is 12.0. The van der Waals surface area contributed by atoms with Gasteiger partial charge in [0, 0.05) is 9.13 Å². The summed E-state index contributed by atoms with van der Waals surface area (Å²) in [7, 11) is 0. The minimum absolute atomic E-state index is 0.00616. The molecular weight excluding hydrogens is 363 g/mol. The third kappa shape index (κ3) is 3.60. The van der Waals surface area contributed by atoms with E-state index in [9.17, 15) is 4.79 Å². The van der Waals surface area contributed by atoms with Crippen molar-refractivity contribution in [2.24, 2.45) is 0 Å². The van der Waals surface area contributed by atoms with Crippen LogP contribution in [-0.4, -0.2) is 11.9 Å². The molecule has 0 amide bonds. The molecule has 2 aromatic rings. The van der Waals surface area contributed by atoms with Crippen molar-refractivity contribution in [3.05, 3.63) is 62.7 Å². The van der Waals surface area contributed by atoms with Crippen molar-refractivity contribution in [3.8, 4) is 5.75 Å². The van der Waals surface area contributed by atoms with Crippen molar-refractivity contribution in [2.75, 3.05) is 0 Å². The van der Waals surface area contributed by atoms with E-state index < -0.39 is 6.10 Å². The molecule has 0 saturated heterocycles.